The standard InChI is InChI=1S/C15H20Cl2N2O/c1-11(15(20)19-7-3-2-4-8-19)18-10-12-5-6-13(16)9-14(12)17/h5-6,9,11,18H,2-4,7-8,10H2,1H3. The van der Waals surface area contributed by atoms with Crippen molar-refractivity contribution >= 4 is 29.1 Å². The third-order valence-electron chi connectivity index (χ3n) is 3.65. The van der Waals surface area contributed by atoms with Crippen molar-refractivity contribution in [3.63, 3.8) is 0 Å². The van der Waals surface area contributed by atoms with E-state index in [2.05, 4.69) is 5.32 Å². The molecule has 1 N–H and O–H groups in total. The zero-order valence-corrected chi connectivity index (χ0v) is 13.2. The minimum absolute atomic E-state index is 0.176. The summed E-state index contributed by atoms with van der Waals surface area (Å²) in [6, 6.07) is 5.22. The van der Waals surface area contributed by atoms with E-state index in [1.165, 1.54) is 6.42 Å². The fourth-order valence-electron chi connectivity index (χ4n) is 2.40. The molecular formula is C15H20Cl2N2O. The summed E-state index contributed by atoms with van der Waals surface area (Å²) in [5.74, 6) is 0.176. The van der Waals surface area contributed by atoms with E-state index in [9.17, 15) is 4.79 Å². The second kappa shape index (κ2) is 7.30. The molecule has 0 saturated carbocycles. The monoisotopic (exact) mass is 314 g/mol. The molecule has 1 aromatic rings. The molecule has 110 valence electrons. The first kappa shape index (κ1) is 15.6. The van der Waals surface area contributed by atoms with Gasteiger partial charge in [0.1, 0.15) is 0 Å². The van der Waals surface area contributed by atoms with Crippen molar-refractivity contribution in [2.75, 3.05) is 13.1 Å². The van der Waals surface area contributed by atoms with Gasteiger partial charge in [0.15, 0.2) is 0 Å². The molecule has 0 aliphatic carbocycles. The Morgan fingerprint density at radius 1 is 1.30 bits per heavy atom. The molecule has 20 heavy (non-hydrogen) atoms. The summed E-state index contributed by atoms with van der Waals surface area (Å²) < 4.78 is 0. The van der Waals surface area contributed by atoms with Gasteiger partial charge in [0.25, 0.3) is 0 Å². The maximum atomic E-state index is 12.3. The number of halogens is 2. The maximum absolute atomic E-state index is 12.3. The van der Waals surface area contributed by atoms with Gasteiger partial charge in [-0.25, -0.2) is 0 Å². The van der Waals surface area contributed by atoms with E-state index in [-0.39, 0.29) is 11.9 Å². The Hall–Kier alpha value is -0.770. The molecule has 0 spiro atoms. The van der Waals surface area contributed by atoms with Crippen LogP contribution in [-0.2, 0) is 11.3 Å². The molecule has 2 rings (SSSR count). The number of hydrogen-bond acceptors (Lipinski definition) is 2. The van der Waals surface area contributed by atoms with Gasteiger partial charge in [-0.2, -0.15) is 0 Å². The smallest absolute Gasteiger partial charge is 0.239 e. The summed E-state index contributed by atoms with van der Waals surface area (Å²) >= 11 is 12.0. The normalized spacial score (nSPS) is 17.1. The van der Waals surface area contributed by atoms with Crippen LogP contribution in [0.3, 0.4) is 0 Å². The number of amides is 1. The Labute approximate surface area is 130 Å². The highest BCUT2D eigenvalue weighted by atomic mass is 35.5. The van der Waals surface area contributed by atoms with E-state index in [4.69, 9.17) is 23.2 Å². The van der Waals surface area contributed by atoms with Crippen LogP contribution in [0.15, 0.2) is 18.2 Å². The maximum Gasteiger partial charge on any atom is 0.239 e. The third kappa shape index (κ3) is 4.11. The lowest BCUT2D eigenvalue weighted by Gasteiger charge is -2.29. The van der Waals surface area contributed by atoms with Crippen LogP contribution in [0.2, 0.25) is 10.0 Å². The first-order valence-electron chi connectivity index (χ1n) is 7.04. The molecule has 5 heteroatoms. The van der Waals surface area contributed by atoms with Crippen LogP contribution in [0, 0.1) is 0 Å². The molecule has 1 aromatic carbocycles. The summed E-state index contributed by atoms with van der Waals surface area (Å²) in [6.07, 6.45) is 3.45. The van der Waals surface area contributed by atoms with Crippen LogP contribution in [0.1, 0.15) is 31.7 Å². The van der Waals surface area contributed by atoms with Crippen molar-refractivity contribution in [3.05, 3.63) is 33.8 Å². The Kier molecular flexibility index (Phi) is 5.70. The molecule has 0 radical (unpaired) electrons. The van der Waals surface area contributed by atoms with Crippen molar-refractivity contribution < 1.29 is 4.79 Å². The lowest BCUT2D eigenvalue weighted by molar-refractivity contribution is -0.133. The SMILES string of the molecule is CC(NCc1ccc(Cl)cc1Cl)C(=O)N1CCCCC1. The molecule has 1 aliphatic heterocycles. The number of nitrogens with zero attached hydrogens (tertiary/aromatic N) is 1. The predicted molar refractivity (Wildman–Crippen MR) is 83.2 cm³/mol. The number of likely N-dealkylation sites (tertiary alicyclic amines) is 1. The van der Waals surface area contributed by atoms with Crippen molar-refractivity contribution in [1.29, 1.82) is 0 Å². The lowest BCUT2D eigenvalue weighted by Crippen LogP contribution is -2.46. The van der Waals surface area contributed by atoms with E-state index in [1.807, 2.05) is 24.0 Å². The molecule has 1 fully saturated rings. The Morgan fingerprint density at radius 3 is 2.65 bits per heavy atom. The average molecular weight is 315 g/mol. The minimum atomic E-state index is -0.195. The quantitative estimate of drug-likeness (QED) is 0.922. The number of benzene rings is 1. The van der Waals surface area contributed by atoms with Crippen molar-refractivity contribution in [2.45, 2.75) is 38.8 Å². The molecule has 1 unspecified atom stereocenters. The van der Waals surface area contributed by atoms with E-state index in [1.54, 1.807) is 6.07 Å². The topological polar surface area (TPSA) is 32.3 Å². The second-order valence-corrected chi connectivity index (χ2v) is 6.07. The van der Waals surface area contributed by atoms with Gasteiger partial charge in [0.2, 0.25) is 5.91 Å². The van der Waals surface area contributed by atoms with Gasteiger partial charge >= 0.3 is 0 Å². The van der Waals surface area contributed by atoms with Gasteiger partial charge in [-0.15, -0.1) is 0 Å². The number of carbonyl (C=O) groups excluding carboxylic acids is 1. The molecule has 1 amide bonds. The number of nitrogens with one attached hydrogen (secondary N) is 1. The van der Waals surface area contributed by atoms with Gasteiger partial charge in [0, 0.05) is 29.7 Å². The van der Waals surface area contributed by atoms with Crippen LogP contribution in [0.5, 0.6) is 0 Å². The lowest BCUT2D eigenvalue weighted by atomic mass is 10.1. The molecule has 3 nitrogen and oxygen atoms in total. The van der Waals surface area contributed by atoms with Gasteiger partial charge in [-0.1, -0.05) is 29.3 Å². The van der Waals surface area contributed by atoms with E-state index >= 15 is 0 Å². The van der Waals surface area contributed by atoms with Crippen molar-refractivity contribution in [3.8, 4) is 0 Å². The average Bonchev–Trinajstić information content (AvgIpc) is 2.46. The van der Waals surface area contributed by atoms with Crippen molar-refractivity contribution in [2.24, 2.45) is 0 Å². The number of piperidine rings is 1. The number of hydrogen-bond donors (Lipinski definition) is 1. The molecule has 1 heterocycles. The summed E-state index contributed by atoms with van der Waals surface area (Å²) in [7, 11) is 0. The van der Waals surface area contributed by atoms with Crippen LogP contribution in [0.4, 0.5) is 0 Å². The molecule has 1 atom stereocenters. The first-order valence-corrected chi connectivity index (χ1v) is 7.79. The Balaban J connectivity index is 1.87. The first-order chi connectivity index (χ1) is 9.58. The van der Waals surface area contributed by atoms with Crippen LogP contribution in [0.25, 0.3) is 0 Å². The predicted octanol–water partition coefficient (Wildman–Crippen LogP) is 3.48. The second-order valence-electron chi connectivity index (χ2n) is 5.22. The highest BCUT2D eigenvalue weighted by Gasteiger charge is 2.21. The number of rotatable bonds is 4. The zero-order valence-electron chi connectivity index (χ0n) is 11.7. The summed E-state index contributed by atoms with van der Waals surface area (Å²) in [5, 5.41) is 4.49. The Morgan fingerprint density at radius 2 is 2.00 bits per heavy atom. The van der Waals surface area contributed by atoms with Crippen LogP contribution in [-0.4, -0.2) is 29.9 Å². The van der Waals surface area contributed by atoms with Crippen LogP contribution >= 0.6 is 23.2 Å². The van der Waals surface area contributed by atoms with Gasteiger partial charge < -0.3 is 10.2 Å². The number of carbonyl (C=O) groups is 1. The van der Waals surface area contributed by atoms with E-state index in [0.29, 0.717) is 16.6 Å². The highest BCUT2D eigenvalue weighted by Crippen LogP contribution is 2.21. The van der Waals surface area contributed by atoms with Crippen LogP contribution < -0.4 is 5.32 Å². The molecule has 1 saturated heterocycles. The molecule has 0 aromatic heterocycles. The summed E-state index contributed by atoms with van der Waals surface area (Å²) in [5.41, 5.74) is 0.953. The largest absolute Gasteiger partial charge is 0.341 e. The summed E-state index contributed by atoms with van der Waals surface area (Å²) in [6.45, 7) is 4.23. The molecule has 0 bridgehead atoms. The highest BCUT2D eigenvalue weighted by molar-refractivity contribution is 6.35. The summed E-state index contributed by atoms with van der Waals surface area (Å²) in [4.78, 5) is 14.2. The zero-order chi connectivity index (χ0) is 14.5. The minimum Gasteiger partial charge on any atom is -0.341 e. The fraction of sp³-hybridized carbons (Fsp3) is 0.533. The van der Waals surface area contributed by atoms with E-state index in [0.717, 1.165) is 31.5 Å². The third-order valence-corrected chi connectivity index (χ3v) is 4.24. The molecule has 1 aliphatic rings. The molecular weight excluding hydrogens is 295 g/mol. The fourth-order valence-corrected chi connectivity index (χ4v) is 2.88. The van der Waals surface area contributed by atoms with Gasteiger partial charge in [-0.05, 0) is 43.9 Å². The van der Waals surface area contributed by atoms with E-state index < -0.39 is 0 Å². The Bertz CT molecular complexity index is 473. The van der Waals surface area contributed by atoms with Gasteiger partial charge in [0.05, 0.1) is 6.04 Å². The van der Waals surface area contributed by atoms with Gasteiger partial charge in [-0.3, -0.25) is 4.79 Å². The van der Waals surface area contributed by atoms with Crippen molar-refractivity contribution in [1.82, 2.24) is 10.2 Å².